The SMILES string of the molecule is N#Cc1cc2c(nc1SCc1ccccc1F)CCC2. The zero-order chi connectivity index (χ0) is 13.9. The normalized spacial score (nSPS) is 13.0. The van der Waals surface area contributed by atoms with Crippen molar-refractivity contribution >= 4 is 11.8 Å². The highest BCUT2D eigenvalue weighted by atomic mass is 32.2. The zero-order valence-electron chi connectivity index (χ0n) is 10.9. The highest BCUT2D eigenvalue weighted by Crippen LogP contribution is 2.30. The molecule has 100 valence electrons. The maximum atomic E-state index is 13.6. The summed E-state index contributed by atoms with van der Waals surface area (Å²) < 4.78 is 13.6. The van der Waals surface area contributed by atoms with Gasteiger partial charge in [0.2, 0.25) is 0 Å². The van der Waals surface area contributed by atoms with E-state index in [9.17, 15) is 9.65 Å². The Morgan fingerprint density at radius 1 is 1.30 bits per heavy atom. The largest absolute Gasteiger partial charge is 0.245 e. The van der Waals surface area contributed by atoms with Crippen LogP contribution in [0.2, 0.25) is 0 Å². The number of hydrogen-bond acceptors (Lipinski definition) is 3. The summed E-state index contributed by atoms with van der Waals surface area (Å²) >= 11 is 1.43. The van der Waals surface area contributed by atoms with E-state index in [1.165, 1.54) is 23.4 Å². The minimum Gasteiger partial charge on any atom is -0.245 e. The molecule has 1 aliphatic carbocycles. The Hall–Kier alpha value is -1.86. The van der Waals surface area contributed by atoms with Crippen molar-refractivity contribution < 1.29 is 4.39 Å². The molecule has 0 spiro atoms. The van der Waals surface area contributed by atoms with Crippen molar-refractivity contribution in [3.63, 3.8) is 0 Å². The van der Waals surface area contributed by atoms with Crippen molar-refractivity contribution in [3.05, 3.63) is 58.5 Å². The van der Waals surface area contributed by atoms with Gasteiger partial charge >= 0.3 is 0 Å². The van der Waals surface area contributed by atoms with Gasteiger partial charge in [-0.2, -0.15) is 5.26 Å². The van der Waals surface area contributed by atoms with Crippen LogP contribution in [-0.2, 0) is 18.6 Å². The minimum absolute atomic E-state index is 0.209. The fourth-order valence-corrected chi connectivity index (χ4v) is 3.37. The first-order chi connectivity index (χ1) is 9.78. The van der Waals surface area contributed by atoms with Gasteiger partial charge in [0.1, 0.15) is 16.9 Å². The van der Waals surface area contributed by atoms with Gasteiger partial charge in [-0.15, -0.1) is 11.8 Å². The van der Waals surface area contributed by atoms with Crippen LogP contribution >= 0.6 is 11.8 Å². The van der Waals surface area contributed by atoms with Gasteiger partial charge in [-0.25, -0.2) is 9.37 Å². The van der Waals surface area contributed by atoms with Crippen LogP contribution in [0.5, 0.6) is 0 Å². The molecular formula is C16H13FN2S. The van der Waals surface area contributed by atoms with Crippen molar-refractivity contribution in [1.29, 1.82) is 5.26 Å². The number of benzene rings is 1. The number of nitriles is 1. The topological polar surface area (TPSA) is 36.7 Å². The van der Waals surface area contributed by atoms with Crippen LogP contribution in [-0.4, -0.2) is 4.98 Å². The monoisotopic (exact) mass is 284 g/mol. The summed E-state index contributed by atoms with van der Waals surface area (Å²) in [5, 5.41) is 9.94. The van der Waals surface area contributed by atoms with Crippen molar-refractivity contribution in [1.82, 2.24) is 4.98 Å². The van der Waals surface area contributed by atoms with Crippen molar-refractivity contribution in [2.45, 2.75) is 30.0 Å². The number of thioether (sulfide) groups is 1. The molecular weight excluding hydrogens is 271 g/mol. The molecule has 0 fully saturated rings. The first kappa shape index (κ1) is 13.1. The third kappa shape index (κ3) is 2.54. The Labute approximate surface area is 121 Å². The first-order valence-electron chi connectivity index (χ1n) is 6.57. The second-order valence-electron chi connectivity index (χ2n) is 4.79. The molecule has 2 aromatic rings. The zero-order valence-corrected chi connectivity index (χ0v) is 11.7. The summed E-state index contributed by atoms with van der Waals surface area (Å²) in [6, 6.07) is 10.9. The van der Waals surface area contributed by atoms with E-state index < -0.39 is 0 Å². The molecule has 0 amide bonds. The van der Waals surface area contributed by atoms with Gasteiger partial charge in [0.05, 0.1) is 5.56 Å². The number of fused-ring (bicyclic) bond motifs is 1. The van der Waals surface area contributed by atoms with Gasteiger partial charge in [0.25, 0.3) is 0 Å². The molecule has 3 rings (SSSR count). The summed E-state index contributed by atoms with van der Waals surface area (Å²) in [6.45, 7) is 0. The molecule has 0 atom stereocenters. The third-order valence-corrected chi connectivity index (χ3v) is 4.50. The maximum absolute atomic E-state index is 13.6. The highest BCUT2D eigenvalue weighted by Gasteiger charge is 2.17. The quantitative estimate of drug-likeness (QED) is 0.803. The Morgan fingerprint density at radius 2 is 2.15 bits per heavy atom. The van der Waals surface area contributed by atoms with Crippen LogP contribution in [0.4, 0.5) is 4.39 Å². The number of aromatic nitrogens is 1. The van der Waals surface area contributed by atoms with Crippen molar-refractivity contribution in [2.75, 3.05) is 0 Å². The molecule has 1 heterocycles. The van der Waals surface area contributed by atoms with Gasteiger partial charge in [0.15, 0.2) is 0 Å². The van der Waals surface area contributed by atoms with Crippen LogP contribution in [0.1, 0.15) is 28.8 Å². The second-order valence-corrected chi connectivity index (χ2v) is 5.76. The van der Waals surface area contributed by atoms with Gasteiger partial charge in [0, 0.05) is 11.4 Å². The highest BCUT2D eigenvalue weighted by molar-refractivity contribution is 7.98. The number of rotatable bonds is 3. The van der Waals surface area contributed by atoms with Gasteiger partial charge < -0.3 is 0 Å². The van der Waals surface area contributed by atoms with E-state index in [0.717, 1.165) is 30.0 Å². The molecule has 0 unspecified atom stereocenters. The molecule has 1 aromatic carbocycles. The summed E-state index contributed by atoms with van der Waals surface area (Å²) in [5.74, 6) is 0.285. The number of nitrogens with zero attached hydrogens (tertiary/aromatic N) is 2. The first-order valence-corrected chi connectivity index (χ1v) is 7.55. The molecule has 4 heteroatoms. The minimum atomic E-state index is -0.209. The number of halogens is 1. The average molecular weight is 284 g/mol. The van der Waals surface area contributed by atoms with Crippen LogP contribution in [0.3, 0.4) is 0 Å². The Bertz CT molecular complexity index is 691. The molecule has 0 bridgehead atoms. The predicted octanol–water partition coefficient (Wildman–Crippen LogP) is 3.87. The van der Waals surface area contributed by atoms with Crippen LogP contribution in [0, 0.1) is 17.1 Å². The lowest BCUT2D eigenvalue weighted by Crippen LogP contribution is -1.96. The van der Waals surface area contributed by atoms with E-state index in [-0.39, 0.29) is 5.82 Å². The van der Waals surface area contributed by atoms with E-state index in [2.05, 4.69) is 11.1 Å². The third-order valence-electron chi connectivity index (χ3n) is 3.46. The number of aryl methyl sites for hydroxylation is 2. The van der Waals surface area contributed by atoms with E-state index in [0.29, 0.717) is 16.9 Å². The molecule has 0 N–H and O–H groups in total. The maximum Gasteiger partial charge on any atom is 0.127 e. The summed E-state index contributed by atoms with van der Waals surface area (Å²) in [5.41, 5.74) is 3.53. The summed E-state index contributed by atoms with van der Waals surface area (Å²) in [4.78, 5) is 4.59. The fraction of sp³-hybridized carbons (Fsp3) is 0.250. The second kappa shape index (κ2) is 5.64. The molecule has 0 saturated heterocycles. The smallest absolute Gasteiger partial charge is 0.127 e. The van der Waals surface area contributed by atoms with E-state index in [1.807, 2.05) is 12.1 Å². The number of pyridine rings is 1. The molecule has 0 saturated carbocycles. The van der Waals surface area contributed by atoms with Gasteiger partial charge in [-0.05, 0) is 42.5 Å². The fourth-order valence-electron chi connectivity index (χ4n) is 2.40. The number of hydrogen-bond donors (Lipinski definition) is 0. The lowest BCUT2D eigenvalue weighted by Gasteiger charge is -2.07. The van der Waals surface area contributed by atoms with Crippen LogP contribution in [0.15, 0.2) is 35.4 Å². The van der Waals surface area contributed by atoms with Gasteiger partial charge in [-0.1, -0.05) is 18.2 Å². The standard InChI is InChI=1S/C16H13FN2S/c17-14-6-2-1-4-12(14)10-20-16-13(9-18)8-11-5-3-7-15(11)19-16/h1-2,4,6,8H,3,5,7,10H2. The lowest BCUT2D eigenvalue weighted by molar-refractivity contribution is 0.617. The van der Waals surface area contributed by atoms with Crippen LogP contribution in [0.25, 0.3) is 0 Å². The van der Waals surface area contributed by atoms with Crippen molar-refractivity contribution in [3.8, 4) is 6.07 Å². The average Bonchev–Trinajstić information content (AvgIpc) is 2.92. The van der Waals surface area contributed by atoms with Crippen LogP contribution < -0.4 is 0 Å². The molecule has 2 nitrogen and oxygen atoms in total. The molecule has 0 radical (unpaired) electrons. The van der Waals surface area contributed by atoms with Gasteiger partial charge in [-0.3, -0.25) is 0 Å². The molecule has 1 aromatic heterocycles. The Kier molecular flexibility index (Phi) is 3.70. The van der Waals surface area contributed by atoms with E-state index in [1.54, 1.807) is 12.1 Å². The van der Waals surface area contributed by atoms with E-state index in [4.69, 9.17) is 0 Å². The molecule has 1 aliphatic rings. The summed E-state index contributed by atoms with van der Waals surface area (Å²) in [6.07, 6.45) is 3.10. The Morgan fingerprint density at radius 3 is 2.95 bits per heavy atom. The molecule has 20 heavy (non-hydrogen) atoms. The summed E-state index contributed by atoms with van der Waals surface area (Å²) in [7, 11) is 0. The molecule has 0 aliphatic heterocycles. The van der Waals surface area contributed by atoms with Crippen molar-refractivity contribution in [2.24, 2.45) is 0 Å². The Balaban J connectivity index is 1.84. The van der Waals surface area contributed by atoms with E-state index >= 15 is 0 Å². The predicted molar refractivity (Wildman–Crippen MR) is 76.9 cm³/mol. The lowest BCUT2D eigenvalue weighted by atomic mass is 10.2.